The Labute approximate surface area is 165 Å². The van der Waals surface area contributed by atoms with E-state index in [1.807, 2.05) is 24.4 Å². The first kappa shape index (κ1) is 17.4. The lowest BCUT2D eigenvalue weighted by atomic mass is 9.65. The van der Waals surface area contributed by atoms with Gasteiger partial charge in [-0.15, -0.1) is 0 Å². The third kappa shape index (κ3) is 3.30. The van der Waals surface area contributed by atoms with Crippen molar-refractivity contribution in [1.29, 1.82) is 0 Å². The number of aromatic amines is 1. The molecule has 0 bridgehead atoms. The van der Waals surface area contributed by atoms with Crippen molar-refractivity contribution in [2.75, 3.05) is 0 Å². The molecule has 28 heavy (non-hydrogen) atoms. The Balaban J connectivity index is 1.39. The molecular weight excluding hydrogens is 347 g/mol. The van der Waals surface area contributed by atoms with E-state index in [1.54, 1.807) is 12.1 Å². The molecule has 2 heterocycles. The molecule has 3 aromatic rings. The second kappa shape index (κ2) is 7.38. The molecule has 0 spiro atoms. The van der Waals surface area contributed by atoms with Crippen LogP contribution in [0.25, 0.3) is 17.2 Å². The van der Waals surface area contributed by atoms with Crippen molar-refractivity contribution in [3.63, 3.8) is 0 Å². The second-order valence-electron chi connectivity index (χ2n) is 8.20. The van der Waals surface area contributed by atoms with Crippen LogP contribution < -0.4 is 0 Å². The zero-order chi connectivity index (χ0) is 18.9. The Bertz CT molecular complexity index is 986. The predicted molar refractivity (Wildman–Crippen MR) is 111 cm³/mol. The number of nitrogens with zero attached hydrogens (tertiary/aromatic N) is 1. The summed E-state index contributed by atoms with van der Waals surface area (Å²) < 4.78 is 13.5. The van der Waals surface area contributed by atoms with Gasteiger partial charge >= 0.3 is 0 Å². The normalized spacial score (nSPS) is 24.1. The number of H-pyrrole nitrogens is 1. The van der Waals surface area contributed by atoms with Crippen LogP contribution in [-0.4, -0.2) is 9.97 Å². The van der Waals surface area contributed by atoms with Crippen LogP contribution in [0.2, 0.25) is 0 Å². The van der Waals surface area contributed by atoms with Crippen LogP contribution in [0.15, 0.2) is 60.9 Å². The van der Waals surface area contributed by atoms with Crippen molar-refractivity contribution >= 4 is 6.08 Å². The maximum Gasteiger partial charge on any atom is 0.123 e. The lowest BCUT2D eigenvalue weighted by Gasteiger charge is -2.40. The first-order valence-corrected chi connectivity index (χ1v) is 10.3. The molecule has 1 aromatic carbocycles. The zero-order valence-electron chi connectivity index (χ0n) is 15.9. The van der Waals surface area contributed by atoms with Gasteiger partial charge in [0.2, 0.25) is 0 Å². The van der Waals surface area contributed by atoms with E-state index in [4.69, 9.17) is 0 Å². The fourth-order valence-corrected chi connectivity index (χ4v) is 5.15. The number of pyridine rings is 1. The quantitative estimate of drug-likeness (QED) is 0.568. The summed E-state index contributed by atoms with van der Waals surface area (Å²) in [6, 6.07) is 13.0. The summed E-state index contributed by atoms with van der Waals surface area (Å²) in [6.07, 6.45) is 15.1. The van der Waals surface area contributed by atoms with Crippen molar-refractivity contribution < 1.29 is 4.39 Å². The average Bonchev–Trinajstić information content (AvgIpc) is 3.20. The van der Waals surface area contributed by atoms with Crippen LogP contribution in [0.1, 0.15) is 48.6 Å². The molecule has 0 amide bonds. The highest BCUT2D eigenvalue weighted by Crippen LogP contribution is 2.47. The van der Waals surface area contributed by atoms with Crippen molar-refractivity contribution in [3.05, 3.63) is 83.7 Å². The molecule has 5 rings (SSSR count). The molecular formula is C25H25FN2. The fourth-order valence-electron chi connectivity index (χ4n) is 5.15. The molecule has 1 fully saturated rings. The molecule has 142 valence electrons. The molecule has 0 aliphatic heterocycles. The topological polar surface area (TPSA) is 28.7 Å². The van der Waals surface area contributed by atoms with E-state index in [-0.39, 0.29) is 5.82 Å². The highest BCUT2D eigenvalue weighted by Gasteiger charge is 2.37. The van der Waals surface area contributed by atoms with Crippen LogP contribution in [0.3, 0.4) is 0 Å². The van der Waals surface area contributed by atoms with Gasteiger partial charge in [0.1, 0.15) is 5.82 Å². The molecule has 3 atom stereocenters. The predicted octanol–water partition coefficient (Wildman–Crippen LogP) is 6.38. The first-order chi connectivity index (χ1) is 13.8. The zero-order valence-corrected chi connectivity index (χ0v) is 15.9. The van der Waals surface area contributed by atoms with Gasteiger partial charge in [-0.05, 0) is 72.6 Å². The van der Waals surface area contributed by atoms with Crippen molar-refractivity contribution in [2.45, 2.75) is 38.0 Å². The summed E-state index contributed by atoms with van der Waals surface area (Å²) >= 11 is 0. The molecule has 1 N–H and O–H groups in total. The van der Waals surface area contributed by atoms with Crippen molar-refractivity contribution in [1.82, 2.24) is 9.97 Å². The Morgan fingerprint density at radius 1 is 1.04 bits per heavy atom. The number of nitrogens with one attached hydrogen (secondary N) is 1. The minimum atomic E-state index is -0.220. The smallest absolute Gasteiger partial charge is 0.123 e. The standard InChI is InChI=1S/C25H25FN2/c26-21-6-3-5-17(15-21)20-8-9-22(28-16-20)10-11-24-23-7-2-1-4-18(23)14-19-12-13-27-25(19)24/h3,5-6,8-13,15-16,18,23-24,27H,1-2,4,7,14H2/b11-10+. The van der Waals surface area contributed by atoms with E-state index >= 15 is 0 Å². The highest BCUT2D eigenvalue weighted by molar-refractivity contribution is 5.63. The van der Waals surface area contributed by atoms with Gasteiger partial charge in [0.25, 0.3) is 0 Å². The number of allylic oxidation sites excluding steroid dienone is 1. The van der Waals surface area contributed by atoms with E-state index in [0.29, 0.717) is 5.92 Å². The van der Waals surface area contributed by atoms with E-state index in [9.17, 15) is 4.39 Å². The Hall–Kier alpha value is -2.68. The van der Waals surface area contributed by atoms with Gasteiger partial charge in [-0.3, -0.25) is 4.98 Å². The highest BCUT2D eigenvalue weighted by atomic mass is 19.1. The number of benzene rings is 1. The number of hydrogen-bond donors (Lipinski definition) is 1. The number of halogens is 1. The van der Waals surface area contributed by atoms with E-state index < -0.39 is 0 Å². The van der Waals surface area contributed by atoms with Gasteiger partial charge in [0, 0.05) is 29.6 Å². The van der Waals surface area contributed by atoms with Gasteiger partial charge < -0.3 is 4.98 Å². The van der Waals surface area contributed by atoms with Gasteiger partial charge in [-0.25, -0.2) is 4.39 Å². The fraction of sp³-hybridized carbons (Fsp3) is 0.320. The summed E-state index contributed by atoms with van der Waals surface area (Å²) in [5.41, 5.74) is 5.64. The molecule has 2 nitrogen and oxygen atoms in total. The van der Waals surface area contributed by atoms with Crippen LogP contribution in [0, 0.1) is 17.7 Å². The maximum absolute atomic E-state index is 13.5. The lowest BCUT2D eigenvalue weighted by molar-refractivity contribution is 0.201. The lowest BCUT2D eigenvalue weighted by Crippen LogP contribution is -2.31. The summed E-state index contributed by atoms with van der Waals surface area (Å²) in [5.74, 6) is 1.79. The second-order valence-corrected chi connectivity index (χ2v) is 8.20. The summed E-state index contributed by atoms with van der Waals surface area (Å²) in [6.45, 7) is 0. The van der Waals surface area contributed by atoms with E-state index in [1.165, 1.54) is 49.4 Å². The van der Waals surface area contributed by atoms with Gasteiger partial charge in [-0.1, -0.05) is 37.1 Å². The van der Waals surface area contributed by atoms with Crippen LogP contribution in [-0.2, 0) is 6.42 Å². The first-order valence-electron chi connectivity index (χ1n) is 10.3. The molecule has 2 aliphatic carbocycles. The Morgan fingerprint density at radius 3 is 2.82 bits per heavy atom. The van der Waals surface area contributed by atoms with Crippen LogP contribution >= 0.6 is 0 Å². The number of fused-ring (bicyclic) bond motifs is 2. The van der Waals surface area contributed by atoms with Crippen LogP contribution in [0.4, 0.5) is 4.39 Å². The van der Waals surface area contributed by atoms with Crippen molar-refractivity contribution in [3.8, 4) is 11.1 Å². The number of rotatable bonds is 3. The molecule has 2 aromatic heterocycles. The van der Waals surface area contributed by atoms with E-state index in [0.717, 1.165) is 28.7 Å². The molecule has 3 unspecified atom stereocenters. The van der Waals surface area contributed by atoms with Crippen molar-refractivity contribution in [2.24, 2.45) is 11.8 Å². The minimum absolute atomic E-state index is 0.220. The maximum atomic E-state index is 13.5. The number of aromatic nitrogens is 2. The van der Waals surface area contributed by atoms with Gasteiger partial charge in [0.05, 0.1) is 5.69 Å². The molecule has 3 heteroatoms. The molecule has 2 aliphatic rings. The monoisotopic (exact) mass is 372 g/mol. The number of hydrogen-bond acceptors (Lipinski definition) is 1. The summed E-state index contributed by atoms with van der Waals surface area (Å²) in [7, 11) is 0. The van der Waals surface area contributed by atoms with Gasteiger partial charge in [-0.2, -0.15) is 0 Å². The summed E-state index contributed by atoms with van der Waals surface area (Å²) in [4.78, 5) is 8.10. The van der Waals surface area contributed by atoms with E-state index in [2.05, 4.69) is 34.4 Å². The van der Waals surface area contributed by atoms with Crippen LogP contribution in [0.5, 0.6) is 0 Å². The van der Waals surface area contributed by atoms with Gasteiger partial charge in [0.15, 0.2) is 0 Å². The molecule has 0 saturated heterocycles. The third-order valence-electron chi connectivity index (χ3n) is 6.53. The molecule has 1 saturated carbocycles. The molecule has 0 radical (unpaired) electrons. The minimum Gasteiger partial charge on any atom is -0.364 e. The Kier molecular flexibility index (Phi) is 4.59. The largest absolute Gasteiger partial charge is 0.364 e. The SMILES string of the molecule is Fc1cccc(-c2ccc(/C=C/C3c4[nH]ccc4CC4CCCCC43)nc2)c1. The average molecular weight is 372 g/mol. The third-order valence-corrected chi connectivity index (χ3v) is 6.53. The Morgan fingerprint density at radius 2 is 1.96 bits per heavy atom. The summed E-state index contributed by atoms with van der Waals surface area (Å²) in [5, 5.41) is 0.